The Kier molecular flexibility index (Phi) is 2.48. The van der Waals surface area contributed by atoms with E-state index in [-0.39, 0.29) is 22.5 Å². The standard InChI is InChI=1S/C14H8N4O2/c15-7-8-6-9(16)3-4-11(8)18-13(19)10-2-1-5-17-12(10)14(18)20/h1-6H,16H2. The van der Waals surface area contributed by atoms with E-state index in [9.17, 15) is 9.59 Å². The molecule has 0 saturated carbocycles. The van der Waals surface area contributed by atoms with Crippen LogP contribution in [0.25, 0.3) is 0 Å². The first-order valence-corrected chi connectivity index (χ1v) is 5.77. The highest BCUT2D eigenvalue weighted by Crippen LogP contribution is 2.30. The number of carbonyl (C=O) groups is 2. The highest BCUT2D eigenvalue weighted by Gasteiger charge is 2.38. The van der Waals surface area contributed by atoms with Gasteiger partial charge in [0.25, 0.3) is 11.8 Å². The lowest BCUT2D eigenvalue weighted by Gasteiger charge is -2.15. The van der Waals surface area contributed by atoms with Crippen molar-refractivity contribution >= 4 is 23.2 Å². The molecule has 0 aliphatic carbocycles. The number of hydrogen-bond acceptors (Lipinski definition) is 5. The molecule has 0 saturated heterocycles. The van der Waals surface area contributed by atoms with Crippen LogP contribution in [0.2, 0.25) is 0 Å². The van der Waals surface area contributed by atoms with Crippen LogP contribution in [-0.2, 0) is 0 Å². The van der Waals surface area contributed by atoms with Gasteiger partial charge in [-0.1, -0.05) is 0 Å². The molecule has 0 spiro atoms. The summed E-state index contributed by atoms with van der Waals surface area (Å²) in [4.78, 5) is 29.4. The lowest BCUT2D eigenvalue weighted by Crippen LogP contribution is -2.30. The third kappa shape index (κ3) is 1.54. The summed E-state index contributed by atoms with van der Waals surface area (Å²) < 4.78 is 0. The summed E-state index contributed by atoms with van der Waals surface area (Å²) in [5.74, 6) is -1.02. The summed E-state index contributed by atoms with van der Waals surface area (Å²) in [5, 5.41) is 9.12. The van der Waals surface area contributed by atoms with Gasteiger partial charge in [-0.3, -0.25) is 14.6 Å². The Bertz CT molecular complexity index is 757. The van der Waals surface area contributed by atoms with Crippen LogP contribution < -0.4 is 10.6 Å². The van der Waals surface area contributed by atoms with Crippen molar-refractivity contribution in [2.24, 2.45) is 0 Å². The number of nitrogens with zero attached hydrogens (tertiary/aromatic N) is 3. The van der Waals surface area contributed by atoms with Crippen molar-refractivity contribution in [2.75, 3.05) is 10.6 Å². The highest BCUT2D eigenvalue weighted by atomic mass is 16.2. The molecule has 3 rings (SSSR count). The predicted molar refractivity (Wildman–Crippen MR) is 70.9 cm³/mol. The first-order chi connectivity index (χ1) is 9.63. The van der Waals surface area contributed by atoms with Gasteiger partial charge in [0, 0.05) is 11.9 Å². The van der Waals surface area contributed by atoms with Crippen molar-refractivity contribution in [2.45, 2.75) is 0 Å². The van der Waals surface area contributed by atoms with Crippen molar-refractivity contribution in [1.82, 2.24) is 4.98 Å². The van der Waals surface area contributed by atoms with Crippen LogP contribution in [0, 0.1) is 11.3 Å². The van der Waals surface area contributed by atoms with E-state index in [1.54, 1.807) is 6.07 Å². The average molecular weight is 264 g/mol. The Hall–Kier alpha value is -3.20. The molecule has 2 heterocycles. The number of amides is 2. The van der Waals surface area contributed by atoms with Crippen LogP contribution in [0.4, 0.5) is 11.4 Å². The molecular weight excluding hydrogens is 256 g/mol. The number of pyridine rings is 1. The zero-order valence-corrected chi connectivity index (χ0v) is 10.2. The average Bonchev–Trinajstić information content (AvgIpc) is 2.72. The zero-order chi connectivity index (χ0) is 14.3. The summed E-state index contributed by atoms with van der Waals surface area (Å²) in [7, 11) is 0. The molecule has 2 N–H and O–H groups in total. The Morgan fingerprint density at radius 3 is 2.70 bits per heavy atom. The molecule has 6 nitrogen and oxygen atoms in total. The Morgan fingerprint density at radius 1 is 1.20 bits per heavy atom. The third-order valence-electron chi connectivity index (χ3n) is 3.03. The lowest BCUT2D eigenvalue weighted by atomic mass is 10.1. The smallest absolute Gasteiger partial charge is 0.284 e. The first kappa shape index (κ1) is 11.9. The van der Waals surface area contributed by atoms with Gasteiger partial charge in [-0.15, -0.1) is 0 Å². The second-order valence-corrected chi connectivity index (χ2v) is 4.23. The number of aromatic nitrogens is 1. The van der Waals surface area contributed by atoms with Crippen LogP contribution in [0.15, 0.2) is 36.5 Å². The SMILES string of the molecule is N#Cc1cc(N)ccc1N1C(=O)c2cccnc2C1=O. The molecule has 0 fully saturated rings. The van der Waals surface area contributed by atoms with E-state index in [0.29, 0.717) is 5.69 Å². The third-order valence-corrected chi connectivity index (χ3v) is 3.03. The summed E-state index contributed by atoms with van der Waals surface area (Å²) >= 11 is 0. The van der Waals surface area contributed by atoms with Gasteiger partial charge in [0.15, 0.2) is 0 Å². The first-order valence-electron chi connectivity index (χ1n) is 5.77. The van der Waals surface area contributed by atoms with E-state index in [1.165, 1.54) is 30.5 Å². The number of benzene rings is 1. The minimum atomic E-state index is -0.535. The van der Waals surface area contributed by atoms with Crippen LogP contribution in [-0.4, -0.2) is 16.8 Å². The van der Waals surface area contributed by atoms with Gasteiger partial charge in [-0.25, -0.2) is 4.90 Å². The van der Waals surface area contributed by atoms with E-state index in [0.717, 1.165) is 4.90 Å². The maximum atomic E-state index is 12.3. The van der Waals surface area contributed by atoms with Crippen molar-refractivity contribution in [3.8, 4) is 6.07 Å². The topological polar surface area (TPSA) is 100 Å². The fraction of sp³-hybridized carbons (Fsp3) is 0. The maximum absolute atomic E-state index is 12.3. The van der Waals surface area contributed by atoms with Crippen molar-refractivity contribution in [1.29, 1.82) is 5.26 Å². The molecule has 2 amide bonds. The van der Waals surface area contributed by atoms with Crippen LogP contribution in [0.5, 0.6) is 0 Å². The highest BCUT2D eigenvalue weighted by molar-refractivity contribution is 6.34. The Labute approximate surface area is 114 Å². The van der Waals surface area contributed by atoms with Gasteiger partial charge in [-0.2, -0.15) is 5.26 Å². The molecule has 2 aromatic rings. The van der Waals surface area contributed by atoms with Crippen molar-refractivity contribution in [3.63, 3.8) is 0 Å². The van der Waals surface area contributed by atoms with Crippen LogP contribution in [0.1, 0.15) is 26.4 Å². The molecule has 6 heteroatoms. The van der Waals surface area contributed by atoms with Gasteiger partial charge in [0.1, 0.15) is 11.8 Å². The Morgan fingerprint density at radius 2 is 2.00 bits per heavy atom. The van der Waals surface area contributed by atoms with Gasteiger partial charge in [0.05, 0.1) is 16.8 Å². The van der Waals surface area contributed by atoms with E-state index in [2.05, 4.69) is 4.98 Å². The fourth-order valence-corrected chi connectivity index (χ4v) is 2.12. The largest absolute Gasteiger partial charge is 0.399 e. The number of anilines is 2. The monoisotopic (exact) mass is 264 g/mol. The number of fused-ring (bicyclic) bond motifs is 1. The van der Waals surface area contributed by atoms with E-state index < -0.39 is 11.8 Å². The molecule has 1 aliphatic heterocycles. The predicted octanol–water partition coefficient (Wildman–Crippen LogP) is 1.34. The second kappa shape index (κ2) is 4.17. The minimum Gasteiger partial charge on any atom is -0.399 e. The van der Waals surface area contributed by atoms with Crippen LogP contribution >= 0.6 is 0 Å². The number of carbonyl (C=O) groups excluding carboxylic acids is 2. The molecule has 1 aromatic heterocycles. The van der Waals surface area contributed by atoms with E-state index >= 15 is 0 Å². The number of hydrogen-bond donors (Lipinski definition) is 1. The normalized spacial score (nSPS) is 13.2. The summed E-state index contributed by atoms with van der Waals surface area (Å²) in [6.07, 6.45) is 1.45. The van der Waals surface area contributed by atoms with E-state index in [4.69, 9.17) is 11.0 Å². The lowest BCUT2D eigenvalue weighted by molar-refractivity contribution is 0.0924. The van der Waals surface area contributed by atoms with Crippen molar-refractivity contribution < 1.29 is 9.59 Å². The molecule has 1 aromatic carbocycles. The molecule has 0 atom stereocenters. The van der Waals surface area contributed by atoms with Crippen molar-refractivity contribution in [3.05, 3.63) is 53.3 Å². The molecule has 1 aliphatic rings. The molecule has 0 unspecified atom stereocenters. The molecule has 0 radical (unpaired) electrons. The summed E-state index contributed by atoms with van der Waals surface area (Å²) in [6.45, 7) is 0. The van der Waals surface area contributed by atoms with Crippen LogP contribution in [0.3, 0.4) is 0 Å². The summed E-state index contributed by atoms with van der Waals surface area (Å²) in [6, 6.07) is 9.49. The minimum absolute atomic E-state index is 0.0956. The van der Waals surface area contributed by atoms with Gasteiger partial charge >= 0.3 is 0 Å². The zero-order valence-electron chi connectivity index (χ0n) is 10.2. The quantitative estimate of drug-likeness (QED) is 0.618. The summed E-state index contributed by atoms with van der Waals surface area (Å²) in [5.41, 5.74) is 6.71. The van der Waals surface area contributed by atoms with Gasteiger partial charge < -0.3 is 5.73 Å². The maximum Gasteiger partial charge on any atom is 0.284 e. The number of nitrogen functional groups attached to an aromatic ring is 1. The van der Waals surface area contributed by atoms with Gasteiger partial charge in [-0.05, 0) is 30.3 Å². The molecule has 0 bridgehead atoms. The molecular formula is C14H8N4O2. The second-order valence-electron chi connectivity index (χ2n) is 4.23. The number of imide groups is 1. The molecule has 96 valence electrons. The number of nitrogens with two attached hydrogens (primary N) is 1. The molecule has 20 heavy (non-hydrogen) atoms. The Balaban J connectivity index is 2.17. The number of rotatable bonds is 1. The number of nitriles is 1. The van der Waals surface area contributed by atoms with E-state index in [1.807, 2.05) is 6.07 Å². The van der Waals surface area contributed by atoms with Gasteiger partial charge in [0.2, 0.25) is 0 Å². The fourth-order valence-electron chi connectivity index (χ4n) is 2.12.